The van der Waals surface area contributed by atoms with Gasteiger partial charge in [-0.25, -0.2) is 0 Å². The van der Waals surface area contributed by atoms with Crippen molar-refractivity contribution >= 4 is 0 Å². The zero-order chi connectivity index (χ0) is 20.5. The molecule has 0 spiro atoms. The van der Waals surface area contributed by atoms with Crippen molar-refractivity contribution in [2.24, 2.45) is 0 Å². The second-order valence-electron chi connectivity index (χ2n) is 7.71. The molecule has 0 bridgehead atoms. The first-order valence-electron chi connectivity index (χ1n) is 10.4. The fourth-order valence-electron chi connectivity index (χ4n) is 3.35. The van der Waals surface area contributed by atoms with Crippen molar-refractivity contribution in [1.82, 2.24) is 9.80 Å². The van der Waals surface area contributed by atoms with E-state index in [-0.39, 0.29) is 0 Å². The van der Waals surface area contributed by atoms with Gasteiger partial charge in [-0.3, -0.25) is 4.90 Å². The van der Waals surface area contributed by atoms with Gasteiger partial charge in [0.1, 0.15) is 11.5 Å². The van der Waals surface area contributed by atoms with Crippen LogP contribution in [0, 0.1) is 0 Å². The summed E-state index contributed by atoms with van der Waals surface area (Å²) >= 11 is 0. The Morgan fingerprint density at radius 1 is 0.724 bits per heavy atom. The van der Waals surface area contributed by atoms with Gasteiger partial charge >= 0.3 is 0 Å². The van der Waals surface area contributed by atoms with E-state index in [2.05, 4.69) is 73.3 Å². The topological polar surface area (TPSA) is 15.7 Å². The highest BCUT2D eigenvalue weighted by atomic mass is 16.5. The summed E-state index contributed by atoms with van der Waals surface area (Å²) in [5, 5.41) is 0. The van der Waals surface area contributed by atoms with E-state index in [1.54, 1.807) is 0 Å². The Balaban J connectivity index is 1.78. The maximum atomic E-state index is 6.19. The number of nitrogens with zero attached hydrogens (tertiary/aromatic N) is 2. The molecule has 29 heavy (non-hydrogen) atoms. The van der Waals surface area contributed by atoms with Gasteiger partial charge in [0, 0.05) is 31.7 Å². The molecule has 0 N–H and O–H groups in total. The van der Waals surface area contributed by atoms with Crippen LogP contribution in [0.4, 0.5) is 0 Å². The van der Waals surface area contributed by atoms with Crippen LogP contribution in [0.5, 0.6) is 11.5 Å². The van der Waals surface area contributed by atoms with E-state index < -0.39 is 0 Å². The first kappa shape index (κ1) is 21.1. The Kier molecular flexibility index (Phi) is 7.85. The fraction of sp³-hybridized carbons (Fsp3) is 0.308. The smallest absolute Gasteiger partial charge is 0.131 e. The average molecular weight is 389 g/mol. The molecule has 0 heterocycles. The minimum absolute atomic E-state index is 0.854. The monoisotopic (exact) mass is 388 g/mol. The van der Waals surface area contributed by atoms with Crippen LogP contribution in [0.25, 0.3) is 0 Å². The highest BCUT2D eigenvalue weighted by Gasteiger charge is 2.12. The van der Waals surface area contributed by atoms with Gasteiger partial charge in [0.15, 0.2) is 0 Å². The molecule has 0 unspecified atom stereocenters. The lowest BCUT2D eigenvalue weighted by Crippen LogP contribution is -2.31. The lowest BCUT2D eigenvalue weighted by Gasteiger charge is -2.25. The Bertz CT molecular complexity index is 877. The van der Waals surface area contributed by atoms with Crippen LogP contribution in [-0.2, 0) is 19.5 Å². The molecule has 0 radical (unpaired) electrons. The van der Waals surface area contributed by atoms with Crippen LogP contribution in [0.2, 0.25) is 0 Å². The van der Waals surface area contributed by atoms with Crippen LogP contribution in [0.1, 0.15) is 23.6 Å². The molecule has 3 aromatic carbocycles. The fourth-order valence-corrected chi connectivity index (χ4v) is 3.35. The molecule has 0 aliphatic rings. The number of hydrogen-bond acceptors (Lipinski definition) is 3. The molecular formula is C26H32N2O. The summed E-state index contributed by atoms with van der Waals surface area (Å²) in [6, 6.07) is 27.3. The third-order valence-corrected chi connectivity index (χ3v) is 5.01. The van der Waals surface area contributed by atoms with E-state index in [0.717, 1.165) is 44.1 Å². The number of hydrogen-bond donors (Lipinski definition) is 0. The molecule has 0 atom stereocenters. The molecule has 3 heteroatoms. The van der Waals surface area contributed by atoms with Crippen LogP contribution >= 0.6 is 0 Å². The van der Waals surface area contributed by atoms with Crippen LogP contribution in [-0.4, -0.2) is 37.0 Å². The minimum atomic E-state index is 0.854. The van der Waals surface area contributed by atoms with E-state index in [0.29, 0.717) is 0 Å². The third kappa shape index (κ3) is 6.74. The summed E-state index contributed by atoms with van der Waals surface area (Å²) < 4.78 is 6.19. The van der Waals surface area contributed by atoms with Gasteiger partial charge in [-0.15, -0.1) is 0 Å². The molecular weight excluding hydrogens is 356 g/mol. The molecule has 3 rings (SSSR count). The molecule has 0 saturated carbocycles. The zero-order valence-electron chi connectivity index (χ0n) is 17.8. The predicted molar refractivity (Wildman–Crippen MR) is 121 cm³/mol. The Morgan fingerprint density at radius 2 is 1.45 bits per heavy atom. The minimum Gasteiger partial charge on any atom is -0.457 e. The molecule has 152 valence electrons. The van der Waals surface area contributed by atoms with E-state index >= 15 is 0 Å². The average Bonchev–Trinajstić information content (AvgIpc) is 2.74. The largest absolute Gasteiger partial charge is 0.457 e. The Hall–Kier alpha value is -2.62. The third-order valence-electron chi connectivity index (χ3n) is 5.01. The van der Waals surface area contributed by atoms with E-state index in [1.807, 2.05) is 36.4 Å². The van der Waals surface area contributed by atoms with Crippen LogP contribution < -0.4 is 4.74 Å². The molecule has 3 aromatic rings. The van der Waals surface area contributed by atoms with Crippen molar-refractivity contribution in [3.63, 3.8) is 0 Å². The summed E-state index contributed by atoms with van der Waals surface area (Å²) in [6.45, 7) is 6.02. The molecule has 3 nitrogen and oxygen atoms in total. The first-order chi connectivity index (χ1) is 14.1. The van der Waals surface area contributed by atoms with E-state index in [9.17, 15) is 0 Å². The van der Waals surface area contributed by atoms with Gasteiger partial charge in [-0.05, 0) is 49.8 Å². The van der Waals surface area contributed by atoms with Crippen molar-refractivity contribution in [3.05, 3.63) is 95.6 Å². The number of benzene rings is 3. The van der Waals surface area contributed by atoms with Gasteiger partial charge in [0.05, 0.1) is 0 Å². The van der Waals surface area contributed by atoms with Gasteiger partial charge in [0.25, 0.3) is 0 Å². The van der Waals surface area contributed by atoms with Crippen molar-refractivity contribution in [2.45, 2.75) is 26.4 Å². The van der Waals surface area contributed by atoms with Crippen molar-refractivity contribution in [2.75, 3.05) is 27.2 Å². The quantitative estimate of drug-likeness (QED) is 0.449. The second-order valence-corrected chi connectivity index (χ2v) is 7.71. The van der Waals surface area contributed by atoms with Crippen molar-refractivity contribution in [3.8, 4) is 11.5 Å². The SMILES string of the molecule is CCc1cccc(CN(CCN(C)C)Cc2ccccc2Oc2ccccc2)c1. The first-order valence-corrected chi connectivity index (χ1v) is 10.4. The maximum Gasteiger partial charge on any atom is 0.131 e. The highest BCUT2D eigenvalue weighted by Crippen LogP contribution is 2.26. The maximum absolute atomic E-state index is 6.19. The second kappa shape index (κ2) is 10.8. The molecule has 0 aliphatic heterocycles. The summed E-state index contributed by atoms with van der Waals surface area (Å²) in [5.74, 6) is 1.80. The predicted octanol–water partition coefficient (Wildman–Crippen LogP) is 5.61. The number of ether oxygens (including phenoxy) is 1. The highest BCUT2D eigenvalue weighted by molar-refractivity contribution is 5.37. The van der Waals surface area contributed by atoms with Gasteiger partial charge in [-0.1, -0.05) is 67.6 Å². The normalized spacial score (nSPS) is 11.2. The van der Waals surface area contributed by atoms with Gasteiger partial charge < -0.3 is 9.64 Å². The molecule has 0 fully saturated rings. The molecule has 0 aliphatic carbocycles. The summed E-state index contributed by atoms with van der Waals surface area (Å²) in [6.07, 6.45) is 1.07. The summed E-state index contributed by atoms with van der Waals surface area (Å²) in [5.41, 5.74) is 3.97. The number of likely N-dealkylation sites (N-methyl/N-ethyl adjacent to an activating group) is 1. The lowest BCUT2D eigenvalue weighted by molar-refractivity contribution is 0.224. The van der Waals surface area contributed by atoms with Crippen molar-refractivity contribution < 1.29 is 4.74 Å². The van der Waals surface area contributed by atoms with Gasteiger partial charge in [0.2, 0.25) is 0 Å². The van der Waals surface area contributed by atoms with E-state index in [4.69, 9.17) is 4.74 Å². The lowest BCUT2D eigenvalue weighted by atomic mass is 10.1. The van der Waals surface area contributed by atoms with E-state index in [1.165, 1.54) is 16.7 Å². The summed E-state index contributed by atoms with van der Waals surface area (Å²) in [4.78, 5) is 4.74. The van der Waals surface area contributed by atoms with Crippen LogP contribution in [0.3, 0.4) is 0 Å². The van der Waals surface area contributed by atoms with Gasteiger partial charge in [-0.2, -0.15) is 0 Å². The number of para-hydroxylation sites is 2. The number of rotatable bonds is 10. The number of aryl methyl sites for hydroxylation is 1. The molecule has 0 amide bonds. The van der Waals surface area contributed by atoms with Crippen molar-refractivity contribution in [1.29, 1.82) is 0 Å². The zero-order valence-corrected chi connectivity index (χ0v) is 17.8. The molecule has 0 aromatic heterocycles. The summed E-state index contributed by atoms with van der Waals surface area (Å²) in [7, 11) is 4.25. The molecule has 0 saturated heterocycles. The van der Waals surface area contributed by atoms with Crippen LogP contribution in [0.15, 0.2) is 78.9 Å². The Labute approximate surface area is 175 Å². The Morgan fingerprint density at radius 3 is 2.21 bits per heavy atom. The standard InChI is InChI=1S/C26H32N2O/c1-4-22-11-10-12-23(19-22)20-28(18-17-27(2)3)21-24-13-8-9-16-26(24)29-25-14-6-5-7-15-25/h5-16,19H,4,17-18,20-21H2,1-3H3.